The Balaban J connectivity index is 1.99. The number of nitrogens with one attached hydrogen (secondary N) is 1. The molecule has 0 bridgehead atoms. The zero-order valence-corrected chi connectivity index (χ0v) is 15.5. The lowest BCUT2D eigenvalue weighted by molar-refractivity contribution is 0.200. The molecule has 0 radical (unpaired) electrons. The van der Waals surface area contributed by atoms with Gasteiger partial charge in [-0.2, -0.15) is 0 Å². The predicted molar refractivity (Wildman–Crippen MR) is 97.1 cm³/mol. The van der Waals surface area contributed by atoms with Crippen LogP contribution in [0.2, 0.25) is 0 Å². The van der Waals surface area contributed by atoms with Crippen molar-refractivity contribution in [1.29, 1.82) is 0 Å². The Morgan fingerprint density at radius 3 is 2.54 bits per heavy atom. The van der Waals surface area contributed by atoms with Crippen molar-refractivity contribution in [2.24, 2.45) is 0 Å². The summed E-state index contributed by atoms with van der Waals surface area (Å²) in [6.07, 6.45) is 1.03. The Bertz CT molecular complexity index is 570. The number of hydrogen-bond acceptors (Lipinski definition) is 5. The first-order valence-electron chi connectivity index (χ1n) is 9.13. The molecule has 2 heterocycles. The highest BCUT2D eigenvalue weighted by molar-refractivity contribution is 5.56. The second-order valence-electron chi connectivity index (χ2n) is 6.74. The van der Waals surface area contributed by atoms with Crippen LogP contribution in [0.1, 0.15) is 36.6 Å². The maximum absolute atomic E-state index is 5.89. The molecule has 5 nitrogen and oxygen atoms in total. The maximum atomic E-state index is 5.89. The van der Waals surface area contributed by atoms with Crippen LogP contribution in [0, 0.1) is 0 Å². The summed E-state index contributed by atoms with van der Waals surface area (Å²) in [4.78, 5) is 4.99. The van der Waals surface area contributed by atoms with Gasteiger partial charge in [-0.3, -0.25) is 9.80 Å². The van der Waals surface area contributed by atoms with Crippen molar-refractivity contribution in [1.82, 2.24) is 15.1 Å². The second-order valence-corrected chi connectivity index (χ2v) is 6.74. The summed E-state index contributed by atoms with van der Waals surface area (Å²) in [7, 11) is 3.59. The van der Waals surface area contributed by atoms with Gasteiger partial charge in [0.25, 0.3) is 0 Å². The van der Waals surface area contributed by atoms with Crippen LogP contribution in [0.5, 0.6) is 11.5 Å². The van der Waals surface area contributed by atoms with Crippen LogP contribution in [0.25, 0.3) is 0 Å². The minimum atomic E-state index is 0.371. The third-order valence-corrected chi connectivity index (χ3v) is 5.51. The summed E-state index contributed by atoms with van der Waals surface area (Å²) in [6, 6.07) is 2.57. The number of piperazine rings is 1. The molecule has 1 aromatic rings. The Hall–Kier alpha value is -1.30. The summed E-state index contributed by atoms with van der Waals surface area (Å²) in [5.74, 6) is 2.09. The normalized spacial score (nSPS) is 22.2. The van der Waals surface area contributed by atoms with E-state index in [1.807, 2.05) is 0 Å². The minimum absolute atomic E-state index is 0.371. The van der Waals surface area contributed by atoms with Crippen molar-refractivity contribution < 1.29 is 9.47 Å². The molecular weight excluding hydrogens is 302 g/mol. The van der Waals surface area contributed by atoms with Gasteiger partial charge in [-0.05, 0) is 26.0 Å². The molecule has 0 amide bonds. The van der Waals surface area contributed by atoms with E-state index < -0.39 is 0 Å². The lowest BCUT2D eigenvalue weighted by Crippen LogP contribution is -2.43. The van der Waals surface area contributed by atoms with Gasteiger partial charge in [-0.15, -0.1) is 0 Å². The third-order valence-electron chi connectivity index (χ3n) is 5.51. The van der Waals surface area contributed by atoms with Crippen LogP contribution in [-0.2, 0) is 13.0 Å². The Kier molecular flexibility index (Phi) is 5.64. The number of methoxy groups -OCH3 is 2. The van der Waals surface area contributed by atoms with Crippen LogP contribution in [0.4, 0.5) is 0 Å². The highest BCUT2D eigenvalue weighted by atomic mass is 16.5. The Morgan fingerprint density at radius 2 is 1.92 bits per heavy atom. The first-order chi connectivity index (χ1) is 11.7. The molecular formula is C19H31N3O2. The molecule has 0 saturated carbocycles. The largest absolute Gasteiger partial charge is 0.496 e. The number of ether oxygens (including phenoxy) is 2. The molecule has 0 aliphatic carbocycles. The van der Waals surface area contributed by atoms with Gasteiger partial charge in [0, 0.05) is 62.0 Å². The predicted octanol–water partition coefficient (Wildman–Crippen LogP) is 2.05. The molecule has 1 N–H and O–H groups in total. The fraction of sp³-hybridized carbons (Fsp3) is 0.684. The zero-order valence-electron chi connectivity index (χ0n) is 15.5. The standard InChI is InChI=1S/C19H31N3O2/c1-5-22-9-6-16-18(14(22)2)17(23-3)12-15(19(16)24-4)13-21-10-7-20-8-11-21/h12,14,20H,5-11,13H2,1-4H3. The average molecular weight is 333 g/mol. The van der Waals surface area contributed by atoms with E-state index in [0.717, 1.165) is 63.7 Å². The highest BCUT2D eigenvalue weighted by Gasteiger charge is 2.30. The van der Waals surface area contributed by atoms with E-state index in [1.54, 1.807) is 14.2 Å². The van der Waals surface area contributed by atoms with Gasteiger partial charge in [0.15, 0.2) is 0 Å². The molecule has 5 heteroatoms. The lowest BCUT2D eigenvalue weighted by Gasteiger charge is -2.37. The SMILES string of the molecule is CCN1CCc2c(OC)c(CN3CCNCC3)cc(OC)c2C1C. The van der Waals surface area contributed by atoms with E-state index in [-0.39, 0.29) is 0 Å². The quantitative estimate of drug-likeness (QED) is 0.892. The van der Waals surface area contributed by atoms with Crippen molar-refractivity contribution in [3.8, 4) is 11.5 Å². The van der Waals surface area contributed by atoms with E-state index in [1.165, 1.54) is 16.7 Å². The van der Waals surface area contributed by atoms with Gasteiger partial charge in [-0.25, -0.2) is 0 Å². The van der Waals surface area contributed by atoms with Gasteiger partial charge in [0.05, 0.1) is 14.2 Å². The van der Waals surface area contributed by atoms with Gasteiger partial charge in [-0.1, -0.05) is 6.92 Å². The molecule has 0 aromatic heterocycles. The van der Waals surface area contributed by atoms with Crippen LogP contribution in [0.3, 0.4) is 0 Å². The number of rotatable bonds is 5. The van der Waals surface area contributed by atoms with Gasteiger partial charge >= 0.3 is 0 Å². The minimum Gasteiger partial charge on any atom is -0.496 e. The fourth-order valence-electron chi connectivity index (χ4n) is 4.19. The molecule has 2 aliphatic heterocycles. The topological polar surface area (TPSA) is 37.0 Å². The van der Waals surface area contributed by atoms with Crippen molar-refractivity contribution >= 4 is 0 Å². The van der Waals surface area contributed by atoms with Crippen molar-refractivity contribution in [3.05, 3.63) is 22.8 Å². The number of fused-ring (bicyclic) bond motifs is 1. The maximum Gasteiger partial charge on any atom is 0.127 e. The Labute approximate surface area is 145 Å². The molecule has 1 aromatic carbocycles. The fourth-order valence-corrected chi connectivity index (χ4v) is 4.19. The number of likely N-dealkylation sites (N-methyl/N-ethyl adjacent to an activating group) is 1. The van der Waals surface area contributed by atoms with Crippen molar-refractivity contribution in [2.75, 3.05) is 53.5 Å². The summed E-state index contributed by atoms with van der Waals surface area (Å²) >= 11 is 0. The number of hydrogen-bond donors (Lipinski definition) is 1. The second kappa shape index (κ2) is 7.72. The highest BCUT2D eigenvalue weighted by Crippen LogP contribution is 2.43. The zero-order chi connectivity index (χ0) is 17.1. The summed E-state index contributed by atoms with van der Waals surface area (Å²) in [5, 5.41) is 3.42. The third kappa shape index (κ3) is 3.25. The molecule has 1 saturated heterocycles. The molecule has 134 valence electrons. The van der Waals surface area contributed by atoms with Gasteiger partial charge < -0.3 is 14.8 Å². The van der Waals surface area contributed by atoms with Gasteiger partial charge in [0.2, 0.25) is 0 Å². The van der Waals surface area contributed by atoms with E-state index in [4.69, 9.17) is 9.47 Å². The van der Waals surface area contributed by atoms with Gasteiger partial charge in [0.1, 0.15) is 11.5 Å². The van der Waals surface area contributed by atoms with Crippen LogP contribution < -0.4 is 14.8 Å². The summed E-state index contributed by atoms with van der Waals surface area (Å²) in [5.41, 5.74) is 3.91. The molecule has 0 spiro atoms. The molecule has 2 aliphatic rings. The molecule has 1 fully saturated rings. The molecule has 1 unspecified atom stereocenters. The van der Waals surface area contributed by atoms with Crippen molar-refractivity contribution in [2.45, 2.75) is 32.9 Å². The van der Waals surface area contributed by atoms with E-state index in [9.17, 15) is 0 Å². The first kappa shape index (κ1) is 17.5. The monoisotopic (exact) mass is 333 g/mol. The van der Waals surface area contributed by atoms with Crippen molar-refractivity contribution in [3.63, 3.8) is 0 Å². The van der Waals surface area contributed by atoms with E-state index in [2.05, 4.69) is 35.0 Å². The summed E-state index contributed by atoms with van der Waals surface area (Å²) < 4.78 is 11.7. The van der Waals surface area contributed by atoms with Crippen LogP contribution >= 0.6 is 0 Å². The molecule has 1 atom stereocenters. The summed E-state index contributed by atoms with van der Waals surface area (Å²) in [6.45, 7) is 11.9. The number of benzene rings is 1. The van der Waals surface area contributed by atoms with Crippen LogP contribution in [0.15, 0.2) is 6.07 Å². The average Bonchev–Trinajstić information content (AvgIpc) is 2.62. The van der Waals surface area contributed by atoms with Crippen LogP contribution in [-0.4, -0.2) is 63.3 Å². The number of nitrogens with zero attached hydrogens (tertiary/aromatic N) is 2. The van der Waals surface area contributed by atoms with E-state index in [0.29, 0.717) is 6.04 Å². The molecule has 24 heavy (non-hydrogen) atoms. The first-order valence-corrected chi connectivity index (χ1v) is 9.13. The lowest BCUT2D eigenvalue weighted by atomic mass is 9.89. The molecule has 3 rings (SSSR count). The Morgan fingerprint density at radius 1 is 1.17 bits per heavy atom. The van der Waals surface area contributed by atoms with E-state index >= 15 is 0 Å². The smallest absolute Gasteiger partial charge is 0.127 e.